The molecular weight excluding hydrogens is 310 g/mol. The van der Waals surface area contributed by atoms with E-state index in [4.69, 9.17) is 14.6 Å². The fourth-order valence-corrected chi connectivity index (χ4v) is 2.57. The van der Waals surface area contributed by atoms with E-state index in [-0.39, 0.29) is 18.0 Å². The summed E-state index contributed by atoms with van der Waals surface area (Å²) >= 11 is 0. The van der Waals surface area contributed by atoms with Gasteiger partial charge in [0.2, 0.25) is 0 Å². The predicted molar refractivity (Wildman–Crippen MR) is 78.8 cm³/mol. The first-order valence-electron chi connectivity index (χ1n) is 6.83. The normalized spacial score (nSPS) is 33.3. The molecule has 1 aromatic carbocycles. The van der Waals surface area contributed by atoms with Crippen LogP contribution in [0.5, 0.6) is 0 Å². The number of para-hydroxylation sites is 2. The largest absolute Gasteiger partial charge is 0.754 e. The second-order valence-electron chi connectivity index (χ2n) is 5.22. The predicted octanol–water partition coefficient (Wildman–Crippen LogP) is 0.822. The van der Waals surface area contributed by atoms with Crippen molar-refractivity contribution in [3.05, 3.63) is 57.2 Å². The molecule has 2 aliphatic heterocycles. The van der Waals surface area contributed by atoms with Crippen molar-refractivity contribution in [1.82, 2.24) is 4.65 Å². The van der Waals surface area contributed by atoms with Gasteiger partial charge in [0.25, 0.3) is 0 Å². The van der Waals surface area contributed by atoms with Gasteiger partial charge in [-0.25, -0.2) is 9.38 Å². The van der Waals surface area contributed by atoms with E-state index >= 15 is 0 Å². The Labute approximate surface area is 130 Å². The quantitative estimate of drug-likeness (QED) is 0.374. The van der Waals surface area contributed by atoms with Crippen molar-refractivity contribution in [3.63, 3.8) is 0 Å². The van der Waals surface area contributed by atoms with E-state index in [2.05, 4.69) is 0 Å². The molecule has 4 atom stereocenters. The second kappa shape index (κ2) is 5.85. The van der Waals surface area contributed by atoms with Crippen molar-refractivity contribution in [3.8, 4) is 0 Å². The highest BCUT2D eigenvalue weighted by Gasteiger charge is 2.47. The first-order valence-corrected chi connectivity index (χ1v) is 6.83. The standard InChI is InChI=1S/C13H14N3O7/c17-7-9-8-22-13(23-12(9)15(19)20)16(21)6-5-14(18)10-3-1-2-4-11(10)16/h1-6,9,12-13,17H,7-8H2/q-1. The summed E-state index contributed by atoms with van der Waals surface area (Å²) in [7, 11) is 0. The summed E-state index contributed by atoms with van der Waals surface area (Å²) < 4.78 is 9.18. The van der Waals surface area contributed by atoms with Gasteiger partial charge in [-0.2, -0.15) is 0 Å². The van der Waals surface area contributed by atoms with Crippen LogP contribution in [0.2, 0.25) is 0 Å². The molecule has 0 bridgehead atoms. The van der Waals surface area contributed by atoms with Crippen LogP contribution in [0, 0.1) is 26.4 Å². The molecular formula is C13H14N3O7-. The molecule has 1 aromatic rings. The number of ether oxygens (including phenoxy) is 2. The second-order valence-corrected chi connectivity index (χ2v) is 5.22. The number of anilines is 1. The third-order valence-electron chi connectivity index (χ3n) is 3.79. The molecule has 1 fully saturated rings. The van der Waals surface area contributed by atoms with Crippen molar-refractivity contribution in [2.24, 2.45) is 5.92 Å². The van der Waals surface area contributed by atoms with Gasteiger partial charge in [-0.05, 0) is 6.07 Å². The van der Waals surface area contributed by atoms with Gasteiger partial charge in [0.1, 0.15) is 12.1 Å². The van der Waals surface area contributed by atoms with Crippen molar-refractivity contribution in [1.29, 1.82) is 0 Å². The number of aliphatic hydroxyl groups excluding tert-OH is 1. The number of benzene rings is 1. The van der Waals surface area contributed by atoms with E-state index < -0.39 is 34.7 Å². The van der Waals surface area contributed by atoms with Crippen molar-refractivity contribution >= 4 is 11.4 Å². The monoisotopic (exact) mass is 324 g/mol. The maximum atomic E-state index is 13.2. The first kappa shape index (κ1) is 15.8. The molecule has 1 N–H and O–H groups in total. The summed E-state index contributed by atoms with van der Waals surface area (Å²) in [5, 5.41) is 45.7. The van der Waals surface area contributed by atoms with Gasteiger partial charge in [-0.15, -0.1) is 0 Å². The highest BCUT2D eigenvalue weighted by molar-refractivity contribution is 5.74. The molecule has 3 rings (SSSR count). The Morgan fingerprint density at radius 3 is 2.87 bits per heavy atom. The van der Waals surface area contributed by atoms with Gasteiger partial charge in [0.05, 0.1) is 23.8 Å². The summed E-state index contributed by atoms with van der Waals surface area (Å²) in [5.41, 5.74) is 0.165. The third-order valence-corrected chi connectivity index (χ3v) is 3.79. The van der Waals surface area contributed by atoms with Crippen molar-refractivity contribution in [2.45, 2.75) is 12.6 Å². The Morgan fingerprint density at radius 2 is 2.17 bits per heavy atom. The zero-order chi connectivity index (χ0) is 16.6. The van der Waals surface area contributed by atoms with Crippen LogP contribution in [0.4, 0.5) is 11.4 Å². The lowest BCUT2D eigenvalue weighted by Crippen LogP contribution is -2.59. The molecule has 124 valence electrons. The molecule has 23 heavy (non-hydrogen) atoms. The number of fused-ring (bicyclic) bond motifs is 1. The lowest BCUT2D eigenvalue weighted by Gasteiger charge is -2.49. The lowest BCUT2D eigenvalue weighted by molar-refractivity contribution is -0.611. The smallest absolute Gasteiger partial charge is 0.328 e. The molecule has 0 saturated carbocycles. The minimum Gasteiger partial charge on any atom is -0.754 e. The zero-order valence-electron chi connectivity index (χ0n) is 11.8. The number of hydrogen-bond acceptors (Lipinski definition) is 8. The Kier molecular flexibility index (Phi) is 4.02. The van der Waals surface area contributed by atoms with E-state index in [9.17, 15) is 20.5 Å². The van der Waals surface area contributed by atoms with Gasteiger partial charge >= 0.3 is 12.6 Å². The van der Waals surface area contributed by atoms with Crippen LogP contribution in [0.25, 0.3) is 0 Å². The Hall–Kier alpha value is -2.08. The van der Waals surface area contributed by atoms with Gasteiger partial charge in [-0.3, -0.25) is 10.1 Å². The van der Waals surface area contributed by atoms with Gasteiger partial charge in [0.15, 0.2) is 5.69 Å². The molecule has 0 aromatic heterocycles. The number of nitrogens with zero attached hydrogens (tertiary/aromatic N) is 3. The first-order chi connectivity index (χ1) is 11.0. The number of hydrogen-bond donors (Lipinski definition) is 1. The van der Waals surface area contributed by atoms with Crippen molar-refractivity contribution < 1.29 is 19.5 Å². The highest BCUT2D eigenvalue weighted by Crippen LogP contribution is 2.41. The third kappa shape index (κ3) is 2.57. The summed E-state index contributed by atoms with van der Waals surface area (Å²) in [6.07, 6.45) is -1.08. The van der Waals surface area contributed by atoms with Crippen LogP contribution in [0.1, 0.15) is 0 Å². The fraction of sp³-hybridized carbons (Fsp3) is 0.385. The topological polar surface area (TPSA) is 131 Å². The average Bonchev–Trinajstić information content (AvgIpc) is 2.58. The number of rotatable bonds is 3. The SMILES string of the molecule is O=[N+]([O-])C1OC([N+]2([O-])C=CN([O-])c3ccccc32)OCC1CO. The molecule has 0 spiro atoms. The summed E-state index contributed by atoms with van der Waals surface area (Å²) in [6, 6.07) is 6.06. The van der Waals surface area contributed by atoms with Crippen LogP contribution >= 0.6 is 0 Å². The summed E-state index contributed by atoms with van der Waals surface area (Å²) in [5.74, 6) is -0.868. The van der Waals surface area contributed by atoms with Crippen LogP contribution in [0.3, 0.4) is 0 Å². The van der Waals surface area contributed by atoms with E-state index in [0.29, 0.717) is 5.06 Å². The van der Waals surface area contributed by atoms with Gasteiger partial charge in [0, 0.05) is 12.3 Å². The summed E-state index contributed by atoms with van der Waals surface area (Å²) in [6.45, 7) is -0.704. The van der Waals surface area contributed by atoms with Crippen LogP contribution in [-0.4, -0.2) is 35.9 Å². The molecule has 1 saturated heterocycles. The molecule has 0 radical (unpaired) electrons. The Balaban J connectivity index is 1.95. The van der Waals surface area contributed by atoms with E-state index in [1.54, 1.807) is 12.1 Å². The fourth-order valence-electron chi connectivity index (χ4n) is 2.57. The minimum atomic E-state index is -1.56. The van der Waals surface area contributed by atoms with Crippen LogP contribution in [-0.2, 0) is 9.47 Å². The molecule has 2 aliphatic rings. The Morgan fingerprint density at radius 1 is 1.43 bits per heavy atom. The van der Waals surface area contributed by atoms with Crippen LogP contribution in [0.15, 0.2) is 36.7 Å². The molecule has 10 nitrogen and oxygen atoms in total. The lowest BCUT2D eigenvalue weighted by atomic mass is 10.1. The minimum absolute atomic E-state index is 0.0551. The molecule has 0 aliphatic carbocycles. The van der Waals surface area contributed by atoms with Crippen molar-refractivity contribution in [2.75, 3.05) is 18.3 Å². The highest BCUT2D eigenvalue weighted by atomic mass is 16.8. The van der Waals surface area contributed by atoms with Gasteiger partial charge < -0.3 is 25.3 Å². The number of nitro groups is 1. The number of aliphatic hydroxyl groups is 1. The van der Waals surface area contributed by atoms with Gasteiger partial charge in [-0.1, -0.05) is 12.1 Å². The maximum Gasteiger partial charge on any atom is 0.328 e. The maximum absolute atomic E-state index is 13.2. The zero-order valence-corrected chi connectivity index (χ0v) is 11.8. The average molecular weight is 324 g/mol. The molecule has 4 unspecified atom stereocenters. The van der Waals surface area contributed by atoms with Crippen LogP contribution < -0.4 is 9.71 Å². The van der Waals surface area contributed by atoms with E-state index in [1.165, 1.54) is 12.1 Å². The van der Waals surface area contributed by atoms with E-state index in [1.807, 2.05) is 0 Å². The molecule has 10 heteroatoms. The molecule has 2 heterocycles. The number of hydroxylamine groups is 3. The summed E-state index contributed by atoms with van der Waals surface area (Å²) in [4.78, 5) is 10.4. The molecule has 0 amide bonds. The Bertz CT molecular complexity index is 640. The van der Waals surface area contributed by atoms with E-state index in [0.717, 1.165) is 12.4 Å². The number of quaternary nitrogens is 1.